The molecule has 2 heterocycles. The number of hydrogen-bond donors (Lipinski definition) is 2. The van der Waals surface area contributed by atoms with Crippen molar-refractivity contribution in [2.45, 2.75) is 0 Å². The first-order chi connectivity index (χ1) is 10.1. The summed E-state index contributed by atoms with van der Waals surface area (Å²) in [6.07, 6.45) is 1.76. The van der Waals surface area contributed by atoms with Gasteiger partial charge >= 0.3 is 0 Å². The van der Waals surface area contributed by atoms with Crippen LogP contribution in [-0.2, 0) is 0 Å². The van der Waals surface area contributed by atoms with Gasteiger partial charge in [0.25, 0.3) is 0 Å². The fourth-order valence-electron chi connectivity index (χ4n) is 2.11. The normalized spacial score (nSPS) is 10.5. The van der Waals surface area contributed by atoms with Gasteiger partial charge in [-0.1, -0.05) is 12.1 Å². The third-order valence-electron chi connectivity index (χ3n) is 3.25. The molecule has 0 spiro atoms. The number of rotatable bonds is 3. The largest absolute Gasteiger partial charge is 0.383 e. The van der Waals surface area contributed by atoms with Crippen molar-refractivity contribution in [2.75, 3.05) is 5.73 Å². The van der Waals surface area contributed by atoms with Crippen molar-refractivity contribution in [1.29, 1.82) is 0 Å². The van der Waals surface area contributed by atoms with Gasteiger partial charge in [-0.15, -0.1) is 0 Å². The fourth-order valence-corrected chi connectivity index (χ4v) is 2.77. The molecule has 0 aliphatic heterocycles. The van der Waals surface area contributed by atoms with Gasteiger partial charge in [-0.3, -0.25) is 4.79 Å². The predicted molar refractivity (Wildman–Crippen MR) is 85.9 cm³/mol. The summed E-state index contributed by atoms with van der Waals surface area (Å²) in [7, 11) is 0. The Labute approximate surface area is 126 Å². The van der Waals surface area contributed by atoms with E-state index in [0.29, 0.717) is 11.4 Å². The number of nitrogen functional groups attached to an aromatic ring is 1. The lowest BCUT2D eigenvalue weighted by atomic mass is 10.0. The quantitative estimate of drug-likeness (QED) is 0.778. The van der Waals surface area contributed by atoms with Crippen LogP contribution in [0.4, 0.5) is 5.82 Å². The minimum Gasteiger partial charge on any atom is -0.383 e. The summed E-state index contributed by atoms with van der Waals surface area (Å²) in [4.78, 5) is 15.4. The molecule has 3 aromatic rings. The van der Waals surface area contributed by atoms with E-state index in [1.165, 1.54) is 0 Å². The second kappa shape index (κ2) is 5.38. The third kappa shape index (κ3) is 2.64. The highest BCUT2D eigenvalue weighted by Crippen LogP contribution is 2.30. The molecule has 5 heteroatoms. The maximum Gasteiger partial charge on any atom is 0.248 e. The van der Waals surface area contributed by atoms with Gasteiger partial charge in [-0.25, -0.2) is 4.98 Å². The first kappa shape index (κ1) is 13.3. The van der Waals surface area contributed by atoms with Crippen LogP contribution >= 0.6 is 11.3 Å². The lowest BCUT2D eigenvalue weighted by Gasteiger charge is -2.08. The lowest BCUT2D eigenvalue weighted by molar-refractivity contribution is 0.100. The number of hydrogen-bond acceptors (Lipinski definition) is 4. The van der Waals surface area contributed by atoms with Crippen molar-refractivity contribution in [3.63, 3.8) is 0 Å². The molecule has 0 fully saturated rings. The van der Waals surface area contributed by atoms with Crippen molar-refractivity contribution >= 4 is 23.1 Å². The number of primary amides is 1. The molecule has 0 saturated heterocycles. The summed E-state index contributed by atoms with van der Waals surface area (Å²) < 4.78 is 0. The molecule has 0 bridgehead atoms. The molecule has 4 nitrogen and oxygen atoms in total. The number of benzene rings is 1. The Kier molecular flexibility index (Phi) is 3.41. The van der Waals surface area contributed by atoms with Gasteiger partial charge in [0.1, 0.15) is 5.82 Å². The Morgan fingerprint density at radius 2 is 1.81 bits per heavy atom. The van der Waals surface area contributed by atoms with Crippen molar-refractivity contribution < 1.29 is 4.79 Å². The molecule has 1 amide bonds. The molecule has 0 aliphatic carbocycles. The van der Waals surface area contributed by atoms with E-state index in [0.717, 1.165) is 22.3 Å². The number of nitrogens with zero attached hydrogens (tertiary/aromatic N) is 1. The Bertz CT molecular complexity index is 780. The van der Waals surface area contributed by atoms with Crippen LogP contribution in [0.5, 0.6) is 0 Å². The Hall–Kier alpha value is -2.66. The maximum absolute atomic E-state index is 11.1. The predicted octanol–water partition coefficient (Wildman–Crippen LogP) is 3.16. The summed E-state index contributed by atoms with van der Waals surface area (Å²) in [5.41, 5.74) is 15.6. The molecule has 4 N–H and O–H groups in total. The van der Waals surface area contributed by atoms with E-state index in [4.69, 9.17) is 11.5 Å². The van der Waals surface area contributed by atoms with E-state index >= 15 is 0 Å². The molecular weight excluding hydrogens is 282 g/mol. The van der Waals surface area contributed by atoms with Gasteiger partial charge in [0.05, 0.1) is 0 Å². The van der Waals surface area contributed by atoms with Crippen LogP contribution in [0, 0.1) is 0 Å². The number of nitrogens with two attached hydrogens (primary N) is 2. The number of pyridine rings is 1. The third-order valence-corrected chi connectivity index (χ3v) is 3.94. The van der Waals surface area contributed by atoms with E-state index in [2.05, 4.69) is 10.4 Å². The smallest absolute Gasteiger partial charge is 0.248 e. The van der Waals surface area contributed by atoms with Crippen LogP contribution in [0.3, 0.4) is 0 Å². The van der Waals surface area contributed by atoms with Crippen molar-refractivity contribution in [3.8, 4) is 22.3 Å². The Morgan fingerprint density at radius 3 is 2.43 bits per heavy atom. The molecular formula is C16H13N3OS. The molecule has 1 aromatic carbocycles. The average Bonchev–Trinajstić information content (AvgIpc) is 3.02. The van der Waals surface area contributed by atoms with Crippen LogP contribution in [0.15, 0.2) is 53.4 Å². The van der Waals surface area contributed by atoms with Crippen LogP contribution in [0.2, 0.25) is 0 Å². The minimum atomic E-state index is -0.445. The van der Waals surface area contributed by atoms with E-state index in [-0.39, 0.29) is 0 Å². The van der Waals surface area contributed by atoms with Gasteiger partial charge in [-0.05, 0) is 46.2 Å². The fraction of sp³-hybridized carbons (Fsp3) is 0. The van der Waals surface area contributed by atoms with Crippen LogP contribution in [-0.4, -0.2) is 10.9 Å². The lowest BCUT2D eigenvalue weighted by Crippen LogP contribution is -2.10. The van der Waals surface area contributed by atoms with Crippen LogP contribution < -0.4 is 11.5 Å². The number of anilines is 1. The van der Waals surface area contributed by atoms with E-state index in [9.17, 15) is 4.79 Å². The highest BCUT2D eigenvalue weighted by Gasteiger charge is 2.08. The van der Waals surface area contributed by atoms with Crippen LogP contribution in [0.25, 0.3) is 22.3 Å². The summed E-state index contributed by atoms with van der Waals surface area (Å²) >= 11 is 1.64. The Balaban J connectivity index is 2.05. The zero-order valence-electron chi connectivity index (χ0n) is 11.1. The zero-order valence-corrected chi connectivity index (χ0v) is 11.9. The van der Waals surface area contributed by atoms with Gasteiger partial charge in [0, 0.05) is 22.9 Å². The molecule has 0 radical (unpaired) electrons. The van der Waals surface area contributed by atoms with Crippen LogP contribution in [0.1, 0.15) is 10.4 Å². The second-order valence-electron chi connectivity index (χ2n) is 4.61. The summed E-state index contributed by atoms with van der Waals surface area (Å²) in [5, 5.41) is 4.08. The zero-order chi connectivity index (χ0) is 14.8. The highest BCUT2D eigenvalue weighted by molar-refractivity contribution is 7.08. The monoisotopic (exact) mass is 295 g/mol. The molecule has 104 valence electrons. The molecule has 21 heavy (non-hydrogen) atoms. The first-order valence-electron chi connectivity index (χ1n) is 6.33. The molecule has 0 atom stereocenters. The van der Waals surface area contributed by atoms with Gasteiger partial charge in [-0.2, -0.15) is 11.3 Å². The molecule has 3 rings (SSSR count). The summed E-state index contributed by atoms with van der Waals surface area (Å²) in [5.74, 6) is 0.0143. The summed E-state index contributed by atoms with van der Waals surface area (Å²) in [6.45, 7) is 0. The topological polar surface area (TPSA) is 82.0 Å². The second-order valence-corrected chi connectivity index (χ2v) is 5.39. The standard InChI is InChI=1S/C16H13N3OS/c17-15-14(10-1-3-11(4-2-10)16(18)20)7-13(8-19-15)12-5-6-21-9-12/h1-9H,(H2,17,19)(H2,18,20). The maximum atomic E-state index is 11.1. The molecule has 0 saturated carbocycles. The summed E-state index contributed by atoms with van der Waals surface area (Å²) in [6, 6.07) is 11.1. The number of thiophene rings is 1. The van der Waals surface area contributed by atoms with Crippen molar-refractivity contribution in [3.05, 3.63) is 58.9 Å². The number of carbonyl (C=O) groups excluding carboxylic acids is 1. The molecule has 0 aliphatic rings. The Morgan fingerprint density at radius 1 is 1.05 bits per heavy atom. The van der Waals surface area contributed by atoms with Gasteiger partial charge < -0.3 is 11.5 Å². The minimum absolute atomic E-state index is 0.445. The first-order valence-corrected chi connectivity index (χ1v) is 7.28. The van der Waals surface area contributed by atoms with Gasteiger partial charge in [0.15, 0.2) is 0 Å². The molecule has 0 unspecified atom stereocenters. The van der Waals surface area contributed by atoms with E-state index in [1.807, 2.05) is 29.6 Å². The number of carbonyl (C=O) groups is 1. The van der Waals surface area contributed by atoms with Gasteiger partial charge in [0.2, 0.25) is 5.91 Å². The van der Waals surface area contributed by atoms with E-state index < -0.39 is 5.91 Å². The highest BCUT2D eigenvalue weighted by atomic mass is 32.1. The van der Waals surface area contributed by atoms with E-state index in [1.54, 1.807) is 29.7 Å². The number of amides is 1. The molecule has 2 aromatic heterocycles. The van der Waals surface area contributed by atoms with Crippen molar-refractivity contribution in [2.24, 2.45) is 5.73 Å². The number of aromatic nitrogens is 1. The average molecular weight is 295 g/mol. The van der Waals surface area contributed by atoms with Crippen molar-refractivity contribution in [1.82, 2.24) is 4.98 Å². The SMILES string of the molecule is NC(=O)c1ccc(-c2cc(-c3ccsc3)cnc2N)cc1.